The molecule has 5 aromatic rings. The van der Waals surface area contributed by atoms with Crippen LogP contribution >= 0.6 is 0 Å². The molecule has 0 saturated heterocycles. The highest BCUT2D eigenvalue weighted by Gasteiger charge is 2.14. The highest BCUT2D eigenvalue weighted by molar-refractivity contribution is 5.93. The predicted octanol–water partition coefficient (Wildman–Crippen LogP) is 4.47. The minimum Gasteiger partial charge on any atom is -0.436 e. The first-order valence-corrected chi connectivity index (χ1v) is 8.48. The van der Waals surface area contributed by atoms with Gasteiger partial charge in [0.1, 0.15) is 5.82 Å². The molecule has 0 aliphatic carbocycles. The van der Waals surface area contributed by atoms with Crippen molar-refractivity contribution in [2.75, 3.05) is 5.32 Å². The molecule has 6 nitrogen and oxygen atoms in total. The number of H-pyrrole nitrogens is 1. The molecule has 0 saturated carbocycles. The SMILES string of the molecule is O=c1[nH]ccc2oc(-c3cccc4ccc(Nc5ccccc5)nc34)nc12. The van der Waals surface area contributed by atoms with Crippen molar-refractivity contribution in [3.63, 3.8) is 0 Å². The number of hydrogen-bond donors (Lipinski definition) is 2. The first-order chi connectivity index (χ1) is 13.3. The molecule has 0 spiro atoms. The van der Waals surface area contributed by atoms with E-state index in [4.69, 9.17) is 9.40 Å². The summed E-state index contributed by atoms with van der Waals surface area (Å²) in [5, 5.41) is 4.25. The number of nitrogens with zero attached hydrogens (tertiary/aromatic N) is 2. The molecule has 3 heterocycles. The van der Waals surface area contributed by atoms with Crippen molar-refractivity contribution in [1.82, 2.24) is 15.0 Å². The average molecular weight is 354 g/mol. The highest BCUT2D eigenvalue weighted by Crippen LogP contribution is 2.30. The average Bonchev–Trinajstić information content (AvgIpc) is 3.14. The lowest BCUT2D eigenvalue weighted by molar-refractivity contribution is 0.620. The van der Waals surface area contributed by atoms with E-state index in [9.17, 15) is 4.79 Å². The number of oxazole rings is 1. The quantitative estimate of drug-likeness (QED) is 0.499. The molecule has 2 aromatic carbocycles. The zero-order chi connectivity index (χ0) is 18.2. The van der Waals surface area contributed by atoms with Crippen molar-refractivity contribution in [2.24, 2.45) is 0 Å². The first-order valence-electron chi connectivity index (χ1n) is 8.48. The second-order valence-electron chi connectivity index (χ2n) is 6.10. The number of benzene rings is 2. The fourth-order valence-corrected chi connectivity index (χ4v) is 3.04. The van der Waals surface area contributed by atoms with Gasteiger partial charge in [0.05, 0.1) is 11.1 Å². The lowest BCUT2D eigenvalue weighted by Crippen LogP contribution is -2.03. The van der Waals surface area contributed by atoms with Crippen LogP contribution in [0.4, 0.5) is 11.5 Å². The maximum atomic E-state index is 11.9. The van der Waals surface area contributed by atoms with E-state index in [0.29, 0.717) is 11.5 Å². The zero-order valence-corrected chi connectivity index (χ0v) is 14.1. The second-order valence-corrected chi connectivity index (χ2v) is 6.10. The van der Waals surface area contributed by atoms with Crippen molar-refractivity contribution < 1.29 is 4.42 Å². The van der Waals surface area contributed by atoms with Crippen LogP contribution in [0.25, 0.3) is 33.5 Å². The summed E-state index contributed by atoms with van der Waals surface area (Å²) in [6.45, 7) is 0. The van der Waals surface area contributed by atoms with E-state index in [1.807, 2.05) is 60.7 Å². The van der Waals surface area contributed by atoms with E-state index in [2.05, 4.69) is 15.3 Å². The molecule has 0 fully saturated rings. The van der Waals surface area contributed by atoms with Gasteiger partial charge in [-0.3, -0.25) is 4.79 Å². The Kier molecular flexibility index (Phi) is 3.47. The number of fused-ring (bicyclic) bond motifs is 2. The number of pyridine rings is 2. The summed E-state index contributed by atoms with van der Waals surface area (Å²) in [6.07, 6.45) is 1.54. The van der Waals surface area contributed by atoms with Gasteiger partial charge in [-0.05, 0) is 36.4 Å². The summed E-state index contributed by atoms with van der Waals surface area (Å²) in [6, 6.07) is 21.2. The number of para-hydroxylation sites is 2. The molecule has 6 heteroatoms. The van der Waals surface area contributed by atoms with Gasteiger partial charge in [0.2, 0.25) is 5.89 Å². The smallest absolute Gasteiger partial charge is 0.277 e. The molecule has 0 atom stereocenters. The summed E-state index contributed by atoms with van der Waals surface area (Å²) in [7, 11) is 0. The molecular formula is C21H14N4O2. The van der Waals surface area contributed by atoms with E-state index in [0.717, 1.165) is 28.0 Å². The molecule has 5 rings (SSSR count). The van der Waals surface area contributed by atoms with Crippen molar-refractivity contribution >= 4 is 33.5 Å². The van der Waals surface area contributed by atoms with Gasteiger partial charge in [-0.1, -0.05) is 30.3 Å². The molecule has 0 aliphatic rings. The molecule has 0 aliphatic heterocycles. The molecule has 27 heavy (non-hydrogen) atoms. The van der Waals surface area contributed by atoms with Crippen molar-refractivity contribution in [2.45, 2.75) is 0 Å². The summed E-state index contributed by atoms with van der Waals surface area (Å²) in [4.78, 5) is 23.7. The lowest BCUT2D eigenvalue weighted by Gasteiger charge is -2.08. The third-order valence-corrected chi connectivity index (χ3v) is 4.31. The third kappa shape index (κ3) is 2.73. The number of hydrogen-bond acceptors (Lipinski definition) is 5. The van der Waals surface area contributed by atoms with Crippen LogP contribution in [0.15, 0.2) is 82.1 Å². The summed E-state index contributed by atoms with van der Waals surface area (Å²) >= 11 is 0. The Morgan fingerprint density at radius 3 is 2.59 bits per heavy atom. The van der Waals surface area contributed by atoms with Crippen LogP contribution in [-0.4, -0.2) is 15.0 Å². The Hall–Kier alpha value is -3.93. The standard InChI is InChI=1S/C21H14N4O2/c26-20-19-16(11-12-22-20)27-21(25-19)15-8-4-5-13-9-10-17(24-18(13)15)23-14-6-2-1-3-7-14/h1-12H,(H,22,26)(H,23,24). The molecule has 0 bridgehead atoms. The van der Waals surface area contributed by atoms with Crippen LogP contribution in [0, 0.1) is 0 Å². The zero-order valence-electron chi connectivity index (χ0n) is 14.1. The van der Waals surface area contributed by atoms with E-state index < -0.39 is 0 Å². The molecular weight excluding hydrogens is 340 g/mol. The van der Waals surface area contributed by atoms with Gasteiger partial charge in [-0.2, -0.15) is 0 Å². The van der Waals surface area contributed by atoms with Gasteiger partial charge >= 0.3 is 0 Å². The molecule has 0 amide bonds. The molecule has 0 unspecified atom stereocenters. The van der Waals surface area contributed by atoms with Gasteiger partial charge in [-0.15, -0.1) is 0 Å². The van der Waals surface area contributed by atoms with E-state index in [-0.39, 0.29) is 11.1 Å². The summed E-state index contributed by atoms with van der Waals surface area (Å²) in [5.41, 5.74) is 2.89. The second kappa shape index (κ2) is 6.10. The Balaban J connectivity index is 1.66. The predicted molar refractivity (Wildman–Crippen MR) is 105 cm³/mol. The molecule has 2 N–H and O–H groups in total. The number of anilines is 2. The fraction of sp³-hybridized carbons (Fsp3) is 0. The topological polar surface area (TPSA) is 83.8 Å². The van der Waals surface area contributed by atoms with E-state index >= 15 is 0 Å². The summed E-state index contributed by atoms with van der Waals surface area (Å²) < 4.78 is 5.81. The monoisotopic (exact) mass is 354 g/mol. The number of rotatable bonds is 3. The first kappa shape index (κ1) is 15.3. The number of aromatic amines is 1. The van der Waals surface area contributed by atoms with Crippen LogP contribution in [0.5, 0.6) is 0 Å². The van der Waals surface area contributed by atoms with Gasteiger partial charge < -0.3 is 14.7 Å². The van der Waals surface area contributed by atoms with Crippen molar-refractivity contribution in [3.05, 3.63) is 83.3 Å². The van der Waals surface area contributed by atoms with Crippen LogP contribution < -0.4 is 10.9 Å². The molecule has 3 aromatic heterocycles. The van der Waals surface area contributed by atoms with Crippen LogP contribution in [0.3, 0.4) is 0 Å². The Morgan fingerprint density at radius 1 is 0.852 bits per heavy atom. The largest absolute Gasteiger partial charge is 0.436 e. The fourth-order valence-electron chi connectivity index (χ4n) is 3.04. The normalized spacial score (nSPS) is 11.1. The van der Waals surface area contributed by atoms with Gasteiger partial charge in [0, 0.05) is 17.3 Å². The van der Waals surface area contributed by atoms with Gasteiger partial charge in [0.15, 0.2) is 11.1 Å². The summed E-state index contributed by atoms with van der Waals surface area (Å²) in [5.74, 6) is 1.09. The van der Waals surface area contributed by atoms with E-state index in [1.54, 1.807) is 12.3 Å². The number of nitrogens with one attached hydrogen (secondary N) is 2. The maximum absolute atomic E-state index is 11.9. The third-order valence-electron chi connectivity index (χ3n) is 4.31. The van der Waals surface area contributed by atoms with Gasteiger partial charge in [0.25, 0.3) is 5.56 Å². The minimum absolute atomic E-state index is 0.276. The van der Waals surface area contributed by atoms with Gasteiger partial charge in [-0.25, -0.2) is 9.97 Å². The van der Waals surface area contributed by atoms with Crippen molar-refractivity contribution in [3.8, 4) is 11.5 Å². The van der Waals surface area contributed by atoms with Crippen LogP contribution in [0.1, 0.15) is 0 Å². The number of aromatic nitrogens is 3. The Labute approximate surface area is 153 Å². The lowest BCUT2D eigenvalue weighted by atomic mass is 10.1. The molecule has 0 radical (unpaired) electrons. The molecule has 130 valence electrons. The van der Waals surface area contributed by atoms with E-state index in [1.165, 1.54) is 0 Å². The van der Waals surface area contributed by atoms with Crippen molar-refractivity contribution in [1.29, 1.82) is 0 Å². The maximum Gasteiger partial charge on any atom is 0.277 e. The van der Waals surface area contributed by atoms with Crippen LogP contribution in [-0.2, 0) is 0 Å². The Morgan fingerprint density at radius 2 is 1.74 bits per heavy atom. The Bertz CT molecular complexity index is 1320. The minimum atomic E-state index is -0.276. The van der Waals surface area contributed by atoms with Crippen LogP contribution in [0.2, 0.25) is 0 Å². The highest BCUT2D eigenvalue weighted by atomic mass is 16.3.